The third-order valence-electron chi connectivity index (χ3n) is 4.41. The molecule has 134 valence electrons. The van der Waals surface area contributed by atoms with Gasteiger partial charge in [0.2, 0.25) is 0 Å². The van der Waals surface area contributed by atoms with E-state index in [9.17, 15) is 9.90 Å². The van der Waals surface area contributed by atoms with Crippen molar-refractivity contribution >= 4 is 16.7 Å². The Morgan fingerprint density at radius 3 is 2.46 bits per heavy atom. The van der Waals surface area contributed by atoms with Crippen LogP contribution in [0.15, 0.2) is 66.7 Å². The van der Waals surface area contributed by atoms with Crippen LogP contribution in [-0.4, -0.2) is 24.2 Å². The van der Waals surface area contributed by atoms with Crippen molar-refractivity contribution in [3.8, 4) is 5.75 Å². The standard InChI is InChI=1S/C22H23NO3/c1-3-26-19-14-13-16-9-7-8-12-18(16)20(19)21(24)23-15-22(2,25)17-10-5-4-6-11-17/h4-14,25H,3,15H2,1-2H3,(H,23,24). The number of ether oxygens (including phenoxy) is 1. The number of benzene rings is 3. The van der Waals surface area contributed by atoms with Gasteiger partial charge < -0.3 is 15.2 Å². The smallest absolute Gasteiger partial charge is 0.255 e. The Bertz CT molecular complexity index is 904. The van der Waals surface area contributed by atoms with Gasteiger partial charge in [-0.2, -0.15) is 0 Å². The molecule has 0 aliphatic heterocycles. The third-order valence-corrected chi connectivity index (χ3v) is 4.41. The summed E-state index contributed by atoms with van der Waals surface area (Å²) in [6.07, 6.45) is 0. The third kappa shape index (κ3) is 3.70. The van der Waals surface area contributed by atoms with E-state index in [0.29, 0.717) is 17.9 Å². The van der Waals surface area contributed by atoms with Gasteiger partial charge in [-0.25, -0.2) is 0 Å². The molecular formula is C22H23NO3. The van der Waals surface area contributed by atoms with E-state index in [2.05, 4.69) is 5.32 Å². The van der Waals surface area contributed by atoms with E-state index < -0.39 is 5.60 Å². The molecule has 0 heterocycles. The minimum Gasteiger partial charge on any atom is -0.493 e. The number of hydrogen-bond donors (Lipinski definition) is 2. The van der Waals surface area contributed by atoms with Crippen molar-refractivity contribution in [2.24, 2.45) is 0 Å². The highest BCUT2D eigenvalue weighted by molar-refractivity contribution is 6.09. The van der Waals surface area contributed by atoms with Gasteiger partial charge in [0.05, 0.1) is 18.7 Å². The topological polar surface area (TPSA) is 58.6 Å². The summed E-state index contributed by atoms with van der Waals surface area (Å²) in [6, 6.07) is 20.8. The van der Waals surface area contributed by atoms with Gasteiger partial charge in [-0.1, -0.05) is 60.7 Å². The number of carbonyl (C=O) groups is 1. The second kappa shape index (κ2) is 7.58. The Morgan fingerprint density at radius 2 is 1.73 bits per heavy atom. The molecule has 0 saturated carbocycles. The van der Waals surface area contributed by atoms with Gasteiger partial charge in [-0.3, -0.25) is 4.79 Å². The maximum atomic E-state index is 12.9. The van der Waals surface area contributed by atoms with Crippen molar-refractivity contribution in [3.63, 3.8) is 0 Å². The zero-order valence-electron chi connectivity index (χ0n) is 15.0. The second-order valence-electron chi connectivity index (χ2n) is 6.42. The molecule has 0 aliphatic rings. The van der Waals surface area contributed by atoms with E-state index in [1.807, 2.05) is 73.7 Å². The summed E-state index contributed by atoms with van der Waals surface area (Å²) in [5, 5.41) is 15.4. The molecule has 2 N–H and O–H groups in total. The van der Waals surface area contributed by atoms with Crippen molar-refractivity contribution in [3.05, 3.63) is 77.9 Å². The van der Waals surface area contributed by atoms with Crippen molar-refractivity contribution < 1.29 is 14.6 Å². The lowest BCUT2D eigenvalue weighted by atomic mass is 9.95. The van der Waals surface area contributed by atoms with Crippen LogP contribution in [0, 0.1) is 0 Å². The normalized spacial score (nSPS) is 13.2. The maximum Gasteiger partial charge on any atom is 0.255 e. The van der Waals surface area contributed by atoms with Crippen LogP contribution in [-0.2, 0) is 5.60 Å². The van der Waals surface area contributed by atoms with E-state index in [0.717, 1.165) is 16.3 Å². The Kier molecular flexibility index (Phi) is 5.24. The lowest BCUT2D eigenvalue weighted by molar-refractivity contribution is 0.0526. The fourth-order valence-corrected chi connectivity index (χ4v) is 3.00. The highest BCUT2D eigenvalue weighted by atomic mass is 16.5. The van der Waals surface area contributed by atoms with Crippen LogP contribution in [0.3, 0.4) is 0 Å². The first kappa shape index (κ1) is 18.0. The zero-order chi connectivity index (χ0) is 18.6. The summed E-state index contributed by atoms with van der Waals surface area (Å²) in [5.74, 6) is 0.282. The van der Waals surface area contributed by atoms with Crippen molar-refractivity contribution in [1.29, 1.82) is 0 Å². The Hall–Kier alpha value is -2.85. The van der Waals surface area contributed by atoms with Crippen LogP contribution in [0.1, 0.15) is 29.8 Å². The zero-order valence-corrected chi connectivity index (χ0v) is 15.0. The lowest BCUT2D eigenvalue weighted by Gasteiger charge is -2.24. The molecule has 1 unspecified atom stereocenters. The first-order valence-corrected chi connectivity index (χ1v) is 8.73. The number of nitrogens with one attached hydrogen (secondary N) is 1. The molecule has 3 aromatic carbocycles. The fraction of sp³-hybridized carbons (Fsp3) is 0.227. The fourth-order valence-electron chi connectivity index (χ4n) is 3.00. The SMILES string of the molecule is CCOc1ccc2ccccc2c1C(=O)NCC(C)(O)c1ccccc1. The second-order valence-corrected chi connectivity index (χ2v) is 6.42. The number of carbonyl (C=O) groups excluding carboxylic acids is 1. The monoisotopic (exact) mass is 349 g/mol. The quantitative estimate of drug-likeness (QED) is 0.710. The van der Waals surface area contributed by atoms with Gasteiger partial charge >= 0.3 is 0 Å². The molecule has 4 nitrogen and oxygen atoms in total. The Balaban J connectivity index is 1.89. The molecule has 0 spiro atoms. The van der Waals surface area contributed by atoms with Gasteiger partial charge in [0.25, 0.3) is 5.91 Å². The van der Waals surface area contributed by atoms with Crippen LogP contribution in [0.25, 0.3) is 10.8 Å². The van der Waals surface area contributed by atoms with Crippen LogP contribution in [0.2, 0.25) is 0 Å². The molecule has 0 fully saturated rings. The largest absolute Gasteiger partial charge is 0.493 e. The molecule has 1 atom stereocenters. The van der Waals surface area contributed by atoms with Crippen LogP contribution >= 0.6 is 0 Å². The van der Waals surface area contributed by atoms with E-state index >= 15 is 0 Å². The molecule has 1 amide bonds. The van der Waals surface area contributed by atoms with Gasteiger partial charge in [-0.15, -0.1) is 0 Å². The van der Waals surface area contributed by atoms with Crippen LogP contribution in [0.4, 0.5) is 0 Å². The first-order valence-electron chi connectivity index (χ1n) is 8.73. The number of rotatable bonds is 6. The molecule has 0 radical (unpaired) electrons. The van der Waals surface area contributed by atoms with Gasteiger partial charge in [0.1, 0.15) is 11.4 Å². The molecule has 0 aromatic heterocycles. The molecule has 4 heteroatoms. The van der Waals surface area contributed by atoms with E-state index in [1.54, 1.807) is 6.92 Å². The summed E-state index contributed by atoms with van der Waals surface area (Å²) in [6.45, 7) is 4.15. The van der Waals surface area contributed by atoms with E-state index in [-0.39, 0.29) is 12.5 Å². The highest BCUT2D eigenvalue weighted by Crippen LogP contribution is 2.28. The van der Waals surface area contributed by atoms with Gasteiger partial charge in [0, 0.05) is 0 Å². The molecule has 3 rings (SSSR count). The average molecular weight is 349 g/mol. The number of amides is 1. The Labute approximate surface area is 153 Å². The van der Waals surface area contributed by atoms with Crippen molar-refractivity contribution in [1.82, 2.24) is 5.32 Å². The Morgan fingerprint density at radius 1 is 1.04 bits per heavy atom. The summed E-state index contributed by atoms with van der Waals surface area (Å²) in [4.78, 5) is 12.9. The summed E-state index contributed by atoms with van der Waals surface area (Å²) < 4.78 is 5.66. The number of fused-ring (bicyclic) bond motifs is 1. The molecule has 26 heavy (non-hydrogen) atoms. The molecule has 0 saturated heterocycles. The van der Waals surface area contributed by atoms with Crippen molar-refractivity contribution in [2.45, 2.75) is 19.4 Å². The number of aliphatic hydroxyl groups is 1. The summed E-state index contributed by atoms with van der Waals surface area (Å²) in [5.41, 5.74) is 0.0878. The van der Waals surface area contributed by atoms with E-state index in [1.165, 1.54) is 0 Å². The maximum absolute atomic E-state index is 12.9. The van der Waals surface area contributed by atoms with Gasteiger partial charge in [0.15, 0.2) is 0 Å². The lowest BCUT2D eigenvalue weighted by Crippen LogP contribution is -2.38. The minimum atomic E-state index is -1.16. The van der Waals surface area contributed by atoms with Gasteiger partial charge in [-0.05, 0) is 36.2 Å². The van der Waals surface area contributed by atoms with Crippen LogP contribution < -0.4 is 10.1 Å². The first-order chi connectivity index (χ1) is 12.5. The van der Waals surface area contributed by atoms with E-state index in [4.69, 9.17) is 4.74 Å². The minimum absolute atomic E-state index is 0.102. The molecular weight excluding hydrogens is 326 g/mol. The average Bonchev–Trinajstić information content (AvgIpc) is 2.67. The molecule has 0 aliphatic carbocycles. The summed E-state index contributed by atoms with van der Waals surface area (Å²) in [7, 11) is 0. The predicted molar refractivity (Wildman–Crippen MR) is 103 cm³/mol. The van der Waals surface area contributed by atoms with Crippen molar-refractivity contribution in [2.75, 3.05) is 13.2 Å². The predicted octanol–water partition coefficient (Wildman–Crippen LogP) is 3.88. The summed E-state index contributed by atoms with van der Waals surface area (Å²) >= 11 is 0. The van der Waals surface area contributed by atoms with Crippen LogP contribution in [0.5, 0.6) is 5.75 Å². The highest BCUT2D eigenvalue weighted by Gasteiger charge is 2.25. The molecule has 0 bridgehead atoms. The molecule has 3 aromatic rings. The number of hydrogen-bond acceptors (Lipinski definition) is 3.